The van der Waals surface area contributed by atoms with E-state index >= 15 is 0 Å². The Morgan fingerprint density at radius 2 is 0.690 bits per heavy atom. The second-order valence-corrected chi connectivity index (χ2v) is 23.1. The van der Waals surface area contributed by atoms with Crippen LogP contribution in [0.25, 0.3) is 27.5 Å². The van der Waals surface area contributed by atoms with Crippen molar-refractivity contribution in [2.45, 2.75) is 0 Å². The molecule has 0 spiro atoms. The predicted molar refractivity (Wildman–Crippen MR) is 250 cm³/mol. The molecule has 2 aliphatic rings. The van der Waals surface area contributed by atoms with Crippen molar-refractivity contribution in [3.05, 3.63) is 231 Å². The zero-order valence-electron chi connectivity index (χ0n) is 31.8. The average Bonchev–Trinajstić information content (AvgIpc) is 3.64. The summed E-state index contributed by atoms with van der Waals surface area (Å²) < 4.78 is 2.49. The molecule has 0 aliphatic carbocycles. The summed E-state index contributed by atoms with van der Waals surface area (Å²) in [4.78, 5) is 2.65. The Morgan fingerprint density at radius 1 is 0.293 bits per heavy atom. The van der Waals surface area contributed by atoms with Crippen molar-refractivity contribution in [1.82, 2.24) is 4.57 Å². The molecule has 0 amide bonds. The summed E-state index contributed by atoms with van der Waals surface area (Å²) >= 11 is 0. The number of rotatable bonds is 5. The lowest BCUT2D eigenvalue weighted by Gasteiger charge is -2.52. The minimum absolute atomic E-state index is 1.18. The number of nitrogens with zero attached hydrogens (tertiary/aromatic N) is 2. The van der Waals surface area contributed by atoms with Gasteiger partial charge < -0.3 is 9.47 Å². The van der Waals surface area contributed by atoms with E-state index in [1.807, 2.05) is 0 Å². The van der Waals surface area contributed by atoms with Gasteiger partial charge >= 0.3 is 0 Å². The van der Waals surface area contributed by atoms with Crippen LogP contribution in [0.15, 0.2) is 231 Å². The molecule has 0 bridgehead atoms. The van der Waals surface area contributed by atoms with Gasteiger partial charge in [0.25, 0.3) is 0 Å². The van der Waals surface area contributed by atoms with E-state index < -0.39 is 16.1 Å². The molecule has 0 saturated carbocycles. The number of hydrogen-bond donors (Lipinski definition) is 0. The molecule has 58 heavy (non-hydrogen) atoms. The maximum atomic E-state index is 2.65. The molecule has 2 aliphatic heterocycles. The fourth-order valence-electron chi connectivity index (χ4n) is 10.7. The average molecular weight is 771 g/mol. The van der Waals surface area contributed by atoms with Crippen molar-refractivity contribution in [3.63, 3.8) is 0 Å². The first kappa shape index (κ1) is 33.2. The van der Waals surface area contributed by atoms with Gasteiger partial charge in [0.2, 0.25) is 0 Å². The standard InChI is InChI=1S/C54H38N2Si2/c1-5-20-40(21-6-1)57(41-22-7-2-8-23-41)50-33-18-17-32-48(50)56-49-37-36-39(55-46-30-15-13-28-44(46)45-29-14-16-31-47(45)55)38-53(49)58(42-24-9-3-10-25-42,43-26-11-4-12-27-43)52-35-19-34-51(57)54(52)56/h1-38H. The lowest BCUT2D eigenvalue weighted by Crippen LogP contribution is -2.82. The number of benzene rings is 9. The highest BCUT2D eigenvalue weighted by molar-refractivity contribution is 7.24. The van der Waals surface area contributed by atoms with E-state index in [1.54, 1.807) is 0 Å². The van der Waals surface area contributed by atoms with E-state index in [4.69, 9.17) is 0 Å². The molecule has 0 N–H and O–H groups in total. The van der Waals surface area contributed by atoms with Crippen LogP contribution in [0, 0.1) is 0 Å². The van der Waals surface area contributed by atoms with Gasteiger partial charge in [-0.15, -0.1) is 0 Å². The summed E-state index contributed by atoms with van der Waals surface area (Å²) in [5.74, 6) is 0. The first-order valence-electron chi connectivity index (χ1n) is 20.2. The quantitative estimate of drug-likeness (QED) is 0.164. The number of hydrogen-bond acceptors (Lipinski definition) is 1. The molecule has 3 heterocycles. The van der Waals surface area contributed by atoms with Crippen LogP contribution in [0.5, 0.6) is 0 Å². The minimum Gasteiger partial charge on any atom is -0.311 e. The van der Waals surface area contributed by atoms with Crippen LogP contribution in [0.1, 0.15) is 0 Å². The summed E-state index contributed by atoms with van der Waals surface area (Å²) in [7, 11) is -5.89. The normalized spacial score (nSPS) is 14.4. The molecule has 0 radical (unpaired) electrons. The third kappa shape index (κ3) is 4.36. The van der Waals surface area contributed by atoms with Gasteiger partial charge in [0.15, 0.2) is 16.1 Å². The Balaban J connectivity index is 1.27. The number of aromatic nitrogens is 1. The Morgan fingerprint density at radius 3 is 1.21 bits per heavy atom. The van der Waals surface area contributed by atoms with Crippen LogP contribution in [-0.4, -0.2) is 20.7 Å². The van der Waals surface area contributed by atoms with Gasteiger partial charge in [-0.3, -0.25) is 0 Å². The summed E-state index contributed by atoms with van der Waals surface area (Å²) in [6.45, 7) is 0. The van der Waals surface area contributed by atoms with Gasteiger partial charge in [0.1, 0.15) is 0 Å². The summed E-state index contributed by atoms with van der Waals surface area (Å²) in [6.07, 6.45) is 0. The highest BCUT2D eigenvalue weighted by atomic mass is 28.3. The molecule has 272 valence electrons. The molecule has 4 heteroatoms. The largest absolute Gasteiger partial charge is 0.311 e. The van der Waals surface area contributed by atoms with E-state index in [2.05, 4.69) is 240 Å². The Hall–Kier alpha value is -6.99. The topological polar surface area (TPSA) is 8.17 Å². The Labute approximate surface area is 340 Å². The second kappa shape index (κ2) is 12.8. The monoisotopic (exact) mass is 770 g/mol. The molecular formula is C54H38N2Si2. The zero-order chi connectivity index (χ0) is 38.3. The Bertz CT molecular complexity index is 3040. The van der Waals surface area contributed by atoms with Crippen LogP contribution in [0.2, 0.25) is 0 Å². The molecular weight excluding hydrogens is 733 g/mol. The van der Waals surface area contributed by atoms with E-state index in [0.29, 0.717) is 0 Å². The van der Waals surface area contributed by atoms with Gasteiger partial charge in [0.05, 0.1) is 11.0 Å². The highest BCUT2D eigenvalue weighted by Gasteiger charge is 2.56. The maximum absolute atomic E-state index is 3.03. The molecule has 0 saturated heterocycles. The van der Waals surface area contributed by atoms with Crippen LogP contribution in [0.3, 0.4) is 0 Å². The summed E-state index contributed by atoms with van der Waals surface area (Å²) in [6, 6.07) is 87.5. The van der Waals surface area contributed by atoms with Gasteiger partial charge in [-0.1, -0.05) is 194 Å². The molecule has 1 aromatic heterocycles. The number of fused-ring (bicyclic) bond motifs is 7. The fourth-order valence-corrected chi connectivity index (χ4v) is 21.1. The van der Waals surface area contributed by atoms with E-state index in [-0.39, 0.29) is 0 Å². The van der Waals surface area contributed by atoms with Crippen molar-refractivity contribution >= 4 is 96.5 Å². The molecule has 0 fully saturated rings. The lowest BCUT2D eigenvalue weighted by molar-refractivity contribution is 1.18. The van der Waals surface area contributed by atoms with Gasteiger partial charge in [0, 0.05) is 33.5 Å². The molecule has 0 unspecified atom stereocenters. The van der Waals surface area contributed by atoms with Crippen molar-refractivity contribution < 1.29 is 0 Å². The van der Waals surface area contributed by atoms with Crippen LogP contribution < -0.4 is 46.4 Å². The number of para-hydroxylation sites is 4. The van der Waals surface area contributed by atoms with Gasteiger partial charge in [-0.25, -0.2) is 0 Å². The third-order valence-electron chi connectivity index (χ3n) is 12.9. The van der Waals surface area contributed by atoms with Crippen molar-refractivity contribution in [2.24, 2.45) is 0 Å². The van der Waals surface area contributed by atoms with Crippen LogP contribution in [-0.2, 0) is 0 Å². The molecule has 2 nitrogen and oxygen atoms in total. The van der Waals surface area contributed by atoms with E-state index in [0.717, 1.165) is 0 Å². The SMILES string of the molecule is c1ccc([Si]2(c3ccccc3)c3ccccc3N3c4ccc(-n5c6ccccc6c6ccccc65)cc4[Si](c4ccccc4)(c4ccccc4)c4cccc2c43)cc1. The predicted octanol–water partition coefficient (Wildman–Crippen LogP) is 7.64. The second-order valence-electron chi connectivity index (χ2n) is 15.6. The summed E-state index contributed by atoms with van der Waals surface area (Å²) in [5.41, 5.74) is 7.52. The molecule has 12 rings (SSSR count). The van der Waals surface area contributed by atoms with Crippen molar-refractivity contribution in [1.29, 1.82) is 0 Å². The highest BCUT2D eigenvalue weighted by Crippen LogP contribution is 2.42. The smallest absolute Gasteiger partial charge is 0.184 e. The molecule has 9 aromatic carbocycles. The first-order chi connectivity index (χ1) is 28.8. The maximum Gasteiger partial charge on any atom is 0.184 e. The third-order valence-corrected chi connectivity index (χ3v) is 22.6. The van der Waals surface area contributed by atoms with Crippen LogP contribution in [0.4, 0.5) is 17.1 Å². The molecule has 0 atom stereocenters. The minimum atomic E-state index is -3.03. The Kier molecular flexibility index (Phi) is 7.30. The summed E-state index contributed by atoms with van der Waals surface area (Å²) in [5, 5.41) is 13.8. The fraction of sp³-hybridized carbons (Fsp3) is 0. The first-order valence-corrected chi connectivity index (χ1v) is 24.2. The van der Waals surface area contributed by atoms with Crippen molar-refractivity contribution in [2.75, 3.05) is 4.90 Å². The van der Waals surface area contributed by atoms with E-state index in [1.165, 1.54) is 86.0 Å². The van der Waals surface area contributed by atoms with Crippen molar-refractivity contribution in [3.8, 4) is 5.69 Å². The van der Waals surface area contributed by atoms with E-state index in [9.17, 15) is 0 Å². The molecule has 10 aromatic rings. The van der Waals surface area contributed by atoms with Gasteiger partial charge in [-0.2, -0.15) is 0 Å². The van der Waals surface area contributed by atoms with Gasteiger partial charge in [-0.05, 0) is 77.9 Å². The van der Waals surface area contributed by atoms with Crippen LogP contribution >= 0.6 is 0 Å². The lowest BCUT2D eigenvalue weighted by atomic mass is 10.1. The number of anilines is 3. The zero-order valence-corrected chi connectivity index (χ0v) is 33.8.